The Labute approximate surface area is 132 Å². The molecule has 0 atom stereocenters. The molecule has 1 aromatic heterocycles. The first-order chi connectivity index (χ1) is 10.3. The van der Waals surface area contributed by atoms with Crippen molar-refractivity contribution in [1.29, 1.82) is 0 Å². The Balaban J connectivity index is 2.03. The molecule has 2 aromatic rings. The molecule has 0 aliphatic rings. The van der Waals surface area contributed by atoms with Crippen molar-refractivity contribution in [3.05, 3.63) is 59.9 Å². The summed E-state index contributed by atoms with van der Waals surface area (Å²) in [6.07, 6.45) is 1.70. The molecule has 1 amide bonds. The predicted octanol–water partition coefficient (Wildman–Crippen LogP) is 3.56. The van der Waals surface area contributed by atoms with Gasteiger partial charge in [0.2, 0.25) is 0 Å². The molecule has 2 rings (SSSR count). The molecule has 1 N–H and O–H groups in total. The summed E-state index contributed by atoms with van der Waals surface area (Å²) in [5, 5.41) is 3.33. The average Bonchev–Trinajstić information content (AvgIpc) is 2.46. The van der Waals surface area contributed by atoms with Gasteiger partial charge in [0.25, 0.3) is 5.91 Å². The van der Waals surface area contributed by atoms with Crippen LogP contribution in [0.2, 0.25) is 0 Å². The zero-order valence-electron chi connectivity index (χ0n) is 13.6. The lowest BCUT2D eigenvalue weighted by atomic mass is 10.1. The summed E-state index contributed by atoms with van der Waals surface area (Å²) < 4.78 is 0. The zero-order chi connectivity index (χ0) is 16.2. The van der Waals surface area contributed by atoms with Gasteiger partial charge in [0.05, 0.1) is 11.9 Å². The fraction of sp³-hybridized carbons (Fsp3) is 0.333. The van der Waals surface area contributed by atoms with E-state index in [1.807, 2.05) is 36.4 Å². The van der Waals surface area contributed by atoms with E-state index in [0.717, 1.165) is 11.3 Å². The number of pyridine rings is 1. The van der Waals surface area contributed by atoms with Crippen LogP contribution in [-0.2, 0) is 6.54 Å². The van der Waals surface area contributed by atoms with Gasteiger partial charge in [-0.15, -0.1) is 0 Å². The van der Waals surface area contributed by atoms with Crippen molar-refractivity contribution in [3.8, 4) is 0 Å². The Bertz CT molecular complexity index is 615. The molecule has 0 radical (unpaired) electrons. The molecule has 0 fully saturated rings. The lowest BCUT2D eigenvalue weighted by Gasteiger charge is -2.22. The smallest absolute Gasteiger partial charge is 0.272 e. The van der Waals surface area contributed by atoms with Gasteiger partial charge in [0.15, 0.2) is 0 Å². The molecule has 4 nitrogen and oxygen atoms in total. The number of aromatic nitrogens is 1. The molecule has 116 valence electrons. The molecule has 0 saturated heterocycles. The van der Waals surface area contributed by atoms with Crippen LogP contribution in [0.4, 0.5) is 5.69 Å². The van der Waals surface area contributed by atoms with Gasteiger partial charge in [0.1, 0.15) is 5.69 Å². The van der Waals surface area contributed by atoms with Crippen molar-refractivity contribution >= 4 is 11.6 Å². The van der Waals surface area contributed by atoms with E-state index < -0.39 is 0 Å². The average molecular weight is 297 g/mol. The Hall–Kier alpha value is -2.36. The second kappa shape index (κ2) is 6.60. The molecular formula is C18H23N3O. The van der Waals surface area contributed by atoms with Crippen LogP contribution in [0.15, 0.2) is 48.7 Å². The fourth-order valence-electron chi connectivity index (χ4n) is 2.15. The molecule has 1 heterocycles. The SMILES string of the molecule is CN(Cc1ccccc1)C(=O)c1ccc(NC(C)(C)C)cn1. The summed E-state index contributed by atoms with van der Waals surface area (Å²) in [7, 11) is 1.79. The molecule has 0 aliphatic heterocycles. The van der Waals surface area contributed by atoms with Crippen LogP contribution < -0.4 is 5.32 Å². The number of carbonyl (C=O) groups is 1. The highest BCUT2D eigenvalue weighted by atomic mass is 16.2. The largest absolute Gasteiger partial charge is 0.379 e. The summed E-state index contributed by atoms with van der Waals surface area (Å²) in [6, 6.07) is 13.6. The van der Waals surface area contributed by atoms with E-state index in [9.17, 15) is 4.79 Å². The normalized spacial score (nSPS) is 11.1. The maximum atomic E-state index is 12.4. The minimum atomic E-state index is -0.0776. The number of anilines is 1. The number of carbonyl (C=O) groups excluding carboxylic acids is 1. The monoisotopic (exact) mass is 297 g/mol. The van der Waals surface area contributed by atoms with E-state index in [4.69, 9.17) is 0 Å². The Kier molecular flexibility index (Phi) is 4.81. The van der Waals surface area contributed by atoms with Gasteiger partial charge in [-0.2, -0.15) is 0 Å². The summed E-state index contributed by atoms with van der Waals surface area (Å²) in [5.41, 5.74) is 2.44. The van der Waals surface area contributed by atoms with Gasteiger partial charge in [-0.25, -0.2) is 4.98 Å². The van der Waals surface area contributed by atoms with E-state index in [1.165, 1.54) is 0 Å². The van der Waals surface area contributed by atoms with Crippen LogP contribution in [0, 0.1) is 0 Å². The van der Waals surface area contributed by atoms with Gasteiger partial charge in [-0.1, -0.05) is 30.3 Å². The molecule has 0 saturated carbocycles. The van der Waals surface area contributed by atoms with E-state index in [-0.39, 0.29) is 11.4 Å². The summed E-state index contributed by atoms with van der Waals surface area (Å²) in [6.45, 7) is 6.82. The van der Waals surface area contributed by atoms with E-state index in [0.29, 0.717) is 12.2 Å². The van der Waals surface area contributed by atoms with Crippen molar-refractivity contribution in [1.82, 2.24) is 9.88 Å². The topological polar surface area (TPSA) is 45.2 Å². The first-order valence-electron chi connectivity index (χ1n) is 7.39. The van der Waals surface area contributed by atoms with Gasteiger partial charge in [0, 0.05) is 19.1 Å². The molecule has 0 unspecified atom stereocenters. The number of benzene rings is 1. The van der Waals surface area contributed by atoms with Gasteiger partial charge < -0.3 is 10.2 Å². The Morgan fingerprint density at radius 1 is 1.14 bits per heavy atom. The number of amides is 1. The van der Waals surface area contributed by atoms with Gasteiger partial charge in [-0.3, -0.25) is 4.79 Å². The highest BCUT2D eigenvalue weighted by Crippen LogP contribution is 2.14. The molecule has 0 bridgehead atoms. The van der Waals surface area contributed by atoms with Crippen LogP contribution in [0.3, 0.4) is 0 Å². The van der Waals surface area contributed by atoms with Crippen molar-refractivity contribution in [3.63, 3.8) is 0 Å². The molecule has 0 spiro atoms. The number of nitrogens with one attached hydrogen (secondary N) is 1. The summed E-state index contributed by atoms with van der Waals surface area (Å²) in [4.78, 5) is 18.3. The predicted molar refractivity (Wildman–Crippen MR) is 89.9 cm³/mol. The number of rotatable bonds is 4. The number of nitrogens with zero attached hydrogens (tertiary/aromatic N) is 2. The first kappa shape index (κ1) is 16.0. The molecule has 4 heteroatoms. The minimum Gasteiger partial charge on any atom is -0.379 e. The van der Waals surface area contributed by atoms with Crippen molar-refractivity contribution < 1.29 is 4.79 Å². The highest BCUT2D eigenvalue weighted by molar-refractivity contribution is 5.92. The van der Waals surface area contributed by atoms with Gasteiger partial charge >= 0.3 is 0 Å². The first-order valence-corrected chi connectivity index (χ1v) is 7.39. The van der Waals surface area contributed by atoms with Crippen LogP contribution >= 0.6 is 0 Å². The van der Waals surface area contributed by atoms with E-state index in [1.54, 1.807) is 24.2 Å². The Morgan fingerprint density at radius 3 is 2.36 bits per heavy atom. The third-order valence-electron chi connectivity index (χ3n) is 3.11. The summed E-state index contributed by atoms with van der Waals surface area (Å²) in [5.74, 6) is -0.0776. The molecule has 1 aromatic carbocycles. The van der Waals surface area contributed by atoms with Crippen LogP contribution in [-0.4, -0.2) is 28.4 Å². The van der Waals surface area contributed by atoms with E-state index in [2.05, 4.69) is 31.1 Å². The highest BCUT2D eigenvalue weighted by Gasteiger charge is 2.14. The van der Waals surface area contributed by atoms with E-state index >= 15 is 0 Å². The maximum Gasteiger partial charge on any atom is 0.272 e. The Morgan fingerprint density at radius 2 is 1.82 bits per heavy atom. The standard InChI is InChI=1S/C18H23N3O/c1-18(2,3)20-15-10-11-16(19-12-15)17(22)21(4)13-14-8-6-5-7-9-14/h5-12,20H,13H2,1-4H3. The third kappa shape index (κ3) is 4.58. The molecule has 0 aliphatic carbocycles. The third-order valence-corrected chi connectivity index (χ3v) is 3.11. The lowest BCUT2D eigenvalue weighted by Crippen LogP contribution is -2.28. The molecular weight excluding hydrogens is 274 g/mol. The van der Waals surface area contributed by atoms with Crippen LogP contribution in [0.5, 0.6) is 0 Å². The second-order valence-electron chi connectivity index (χ2n) is 6.45. The van der Waals surface area contributed by atoms with Crippen LogP contribution in [0.1, 0.15) is 36.8 Å². The quantitative estimate of drug-likeness (QED) is 0.938. The van der Waals surface area contributed by atoms with Crippen molar-refractivity contribution in [2.75, 3.05) is 12.4 Å². The zero-order valence-corrected chi connectivity index (χ0v) is 13.6. The molecule has 22 heavy (non-hydrogen) atoms. The lowest BCUT2D eigenvalue weighted by molar-refractivity contribution is 0.0779. The van der Waals surface area contributed by atoms with Crippen molar-refractivity contribution in [2.45, 2.75) is 32.9 Å². The summed E-state index contributed by atoms with van der Waals surface area (Å²) >= 11 is 0. The van der Waals surface area contributed by atoms with Crippen molar-refractivity contribution in [2.24, 2.45) is 0 Å². The van der Waals surface area contributed by atoms with Gasteiger partial charge in [-0.05, 0) is 38.5 Å². The number of hydrogen-bond acceptors (Lipinski definition) is 3. The fourth-order valence-corrected chi connectivity index (χ4v) is 2.15. The van der Waals surface area contributed by atoms with Crippen LogP contribution in [0.25, 0.3) is 0 Å². The number of hydrogen-bond donors (Lipinski definition) is 1. The minimum absolute atomic E-state index is 0.0304. The second-order valence-corrected chi connectivity index (χ2v) is 6.45. The maximum absolute atomic E-state index is 12.4.